The van der Waals surface area contributed by atoms with Crippen molar-refractivity contribution in [2.75, 3.05) is 13.1 Å². The van der Waals surface area contributed by atoms with Crippen LogP contribution in [0.4, 0.5) is 13.2 Å². The molecule has 2 N–H and O–H groups in total. The molecule has 5 heterocycles. The van der Waals surface area contributed by atoms with Gasteiger partial charge in [0.25, 0.3) is 0 Å². The number of hydrogen-bond donors (Lipinski definition) is 2. The van der Waals surface area contributed by atoms with Gasteiger partial charge in [-0.2, -0.15) is 18.3 Å². The largest absolute Gasteiger partial charge is 0.416 e. The van der Waals surface area contributed by atoms with Crippen LogP contribution in [0.3, 0.4) is 0 Å². The lowest BCUT2D eigenvalue weighted by molar-refractivity contribution is -0.144. The first-order valence-corrected chi connectivity index (χ1v) is 13.7. The molecule has 2 unspecified atom stereocenters. The van der Waals surface area contributed by atoms with Crippen LogP contribution in [-0.2, 0) is 28.9 Å². The number of rotatable bonds is 5. The van der Waals surface area contributed by atoms with Gasteiger partial charge in [0.05, 0.1) is 52.8 Å². The second kappa shape index (κ2) is 8.62. The first-order chi connectivity index (χ1) is 19.4. The fourth-order valence-corrected chi connectivity index (χ4v) is 6.81. The lowest BCUT2D eigenvalue weighted by Crippen LogP contribution is -2.44. The number of nitrogens with one attached hydrogen (secondary N) is 1. The number of alkyl halides is 3. The summed E-state index contributed by atoms with van der Waals surface area (Å²) in [4.78, 5) is 31.5. The van der Waals surface area contributed by atoms with E-state index >= 15 is 0 Å². The minimum atomic E-state index is -4.58. The van der Waals surface area contributed by atoms with Crippen molar-refractivity contribution in [3.63, 3.8) is 0 Å². The van der Waals surface area contributed by atoms with Crippen LogP contribution in [0.5, 0.6) is 0 Å². The van der Waals surface area contributed by atoms with E-state index in [2.05, 4.69) is 15.4 Å². The number of piperidine rings is 2. The third kappa shape index (κ3) is 4.06. The summed E-state index contributed by atoms with van der Waals surface area (Å²) in [6, 6.07) is 5.53. The van der Waals surface area contributed by atoms with E-state index in [4.69, 9.17) is 0 Å². The topological polar surface area (TPSA) is 105 Å². The molecule has 3 aromatic heterocycles. The van der Waals surface area contributed by atoms with Crippen LogP contribution in [0.1, 0.15) is 37.8 Å². The SMILES string of the molecule is CC1(C)C2C(=O)N(Cc3cc4c(-c5cc(C(F)(F)F)cc6ccn(CC7(O)CCNCC7)c56)ncnn4c3)C(=O)C21. The van der Waals surface area contributed by atoms with Crippen molar-refractivity contribution in [3.8, 4) is 11.3 Å². The van der Waals surface area contributed by atoms with Crippen molar-refractivity contribution in [2.45, 2.75) is 51.6 Å². The molecule has 12 heteroatoms. The van der Waals surface area contributed by atoms with Crippen LogP contribution in [-0.4, -0.2) is 59.7 Å². The molecule has 2 atom stereocenters. The molecule has 2 saturated heterocycles. The third-order valence-electron chi connectivity index (χ3n) is 9.14. The van der Waals surface area contributed by atoms with Gasteiger partial charge in [0.15, 0.2) is 0 Å². The highest BCUT2D eigenvalue weighted by atomic mass is 19.4. The Balaban J connectivity index is 1.32. The van der Waals surface area contributed by atoms with Crippen molar-refractivity contribution in [1.29, 1.82) is 0 Å². The Morgan fingerprint density at radius 1 is 1.10 bits per heavy atom. The summed E-state index contributed by atoms with van der Waals surface area (Å²) < 4.78 is 45.3. The maximum absolute atomic E-state index is 14.0. The number of amides is 2. The van der Waals surface area contributed by atoms with E-state index in [0.717, 1.165) is 12.1 Å². The number of carbonyl (C=O) groups excluding carboxylic acids is 2. The van der Waals surface area contributed by atoms with Crippen LogP contribution >= 0.6 is 0 Å². The van der Waals surface area contributed by atoms with Crippen LogP contribution in [0.25, 0.3) is 27.7 Å². The van der Waals surface area contributed by atoms with Crippen molar-refractivity contribution in [2.24, 2.45) is 17.3 Å². The van der Waals surface area contributed by atoms with Gasteiger partial charge in [-0.15, -0.1) is 0 Å². The zero-order chi connectivity index (χ0) is 28.9. The molecule has 0 spiro atoms. The molecule has 214 valence electrons. The number of likely N-dealkylation sites (tertiary alicyclic amines) is 1. The highest BCUT2D eigenvalue weighted by molar-refractivity contribution is 6.10. The quantitative estimate of drug-likeness (QED) is 0.358. The van der Waals surface area contributed by atoms with Crippen molar-refractivity contribution < 1.29 is 27.9 Å². The van der Waals surface area contributed by atoms with Gasteiger partial charge in [-0.1, -0.05) is 13.8 Å². The van der Waals surface area contributed by atoms with E-state index in [0.29, 0.717) is 47.9 Å². The van der Waals surface area contributed by atoms with Gasteiger partial charge in [0.2, 0.25) is 11.8 Å². The van der Waals surface area contributed by atoms with E-state index in [1.165, 1.54) is 15.7 Å². The average Bonchev–Trinajstić information content (AvgIpc) is 3.26. The highest BCUT2D eigenvalue weighted by Gasteiger charge is 2.72. The number of imide groups is 1. The number of aromatic nitrogens is 4. The molecule has 2 amide bonds. The molecule has 1 aromatic carbocycles. The van der Waals surface area contributed by atoms with Gasteiger partial charge >= 0.3 is 6.18 Å². The number of carbonyl (C=O) groups is 2. The molecule has 1 saturated carbocycles. The molecule has 4 aromatic rings. The molecule has 9 nitrogen and oxygen atoms in total. The Kier molecular flexibility index (Phi) is 5.50. The second-order valence-electron chi connectivity index (χ2n) is 12.2. The number of halogens is 3. The molecular weight excluding hydrogens is 537 g/mol. The first-order valence-electron chi connectivity index (χ1n) is 13.7. The molecule has 3 fully saturated rings. The molecule has 1 aliphatic carbocycles. The fourth-order valence-electron chi connectivity index (χ4n) is 6.81. The number of benzene rings is 1. The first kappa shape index (κ1) is 26.1. The lowest BCUT2D eigenvalue weighted by Gasteiger charge is -2.33. The Morgan fingerprint density at radius 2 is 1.80 bits per heavy atom. The second-order valence-corrected chi connectivity index (χ2v) is 12.2. The lowest BCUT2D eigenvalue weighted by atomic mass is 9.92. The fraction of sp³-hybridized carbons (Fsp3) is 0.448. The summed E-state index contributed by atoms with van der Waals surface area (Å²) in [5, 5.41) is 19.1. The third-order valence-corrected chi connectivity index (χ3v) is 9.14. The summed E-state index contributed by atoms with van der Waals surface area (Å²) >= 11 is 0. The predicted molar refractivity (Wildman–Crippen MR) is 142 cm³/mol. The van der Waals surface area contributed by atoms with E-state index in [1.807, 2.05) is 13.8 Å². The monoisotopic (exact) mass is 566 g/mol. The van der Waals surface area contributed by atoms with Crippen molar-refractivity contribution >= 4 is 28.2 Å². The average molecular weight is 567 g/mol. The number of nitrogens with zero attached hydrogens (tertiary/aromatic N) is 5. The van der Waals surface area contributed by atoms with Gasteiger partial charge in [0, 0.05) is 23.3 Å². The van der Waals surface area contributed by atoms with Crippen molar-refractivity contribution in [1.82, 2.24) is 29.4 Å². The van der Waals surface area contributed by atoms with Crippen molar-refractivity contribution in [3.05, 3.63) is 54.1 Å². The van der Waals surface area contributed by atoms with Gasteiger partial charge < -0.3 is 15.0 Å². The van der Waals surface area contributed by atoms with Gasteiger partial charge in [-0.3, -0.25) is 14.5 Å². The molecular formula is C29H29F3N6O3. The molecule has 0 bridgehead atoms. The standard InChI is InChI=1S/C29H29F3N6O3/c1-27(2)21-22(27)26(40)37(25(21)39)12-16-9-20-23(34-15-35-38(20)13-16)19-11-18(29(30,31)32)10-17-3-8-36(24(17)19)14-28(41)4-6-33-7-5-28/h3,8-11,13,15,21-22,33,41H,4-7,12,14H2,1-2H3. The number of hydrogen-bond acceptors (Lipinski definition) is 6. The van der Waals surface area contributed by atoms with Crippen LogP contribution < -0.4 is 5.32 Å². The van der Waals surface area contributed by atoms with Crippen LogP contribution in [0, 0.1) is 17.3 Å². The predicted octanol–water partition coefficient (Wildman–Crippen LogP) is 3.63. The summed E-state index contributed by atoms with van der Waals surface area (Å²) in [5.74, 6) is -0.994. The van der Waals surface area contributed by atoms with Crippen LogP contribution in [0.15, 0.2) is 43.0 Å². The van der Waals surface area contributed by atoms with E-state index in [9.17, 15) is 27.9 Å². The molecule has 41 heavy (non-hydrogen) atoms. The zero-order valence-corrected chi connectivity index (χ0v) is 22.6. The summed E-state index contributed by atoms with van der Waals surface area (Å²) in [6.45, 7) is 5.42. The number of fused-ring (bicyclic) bond motifs is 3. The maximum Gasteiger partial charge on any atom is 0.416 e. The van der Waals surface area contributed by atoms with E-state index in [-0.39, 0.29) is 53.4 Å². The molecule has 2 aliphatic heterocycles. The van der Waals surface area contributed by atoms with Crippen LogP contribution in [0.2, 0.25) is 0 Å². The minimum absolute atomic E-state index is 0.0546. The Labute approximate surface area is 232 Å². The summed E-state index contributed by atoms with van der Waals surface area (Å²) in [7, 11) is 0. The maximum atomic E-state index is 14.0. The highest BCUT2D eigenvalue weighted by Crippen LogP contribution is 2.63. The van der Waals surface area contributed by atoms with Gasteiger partial charge in [-0.25, -0.2) is 9.50 Å². The van der Waals surface area contributed by atoms with E-state index < -0.39 is 17.3 Å². The Morgan fingerprint density at radius 3 is 2.49 bits per heavy atom. The smallest absolute Gasteiger partial charge is 0.388 e. The van der Waals surface area contributed by atoms with Gasteiger partial charge in [-0.05, 0) is 61.2 Å². The number of aliphatic hydroxyl groups is 1. The molecule has 3 aliphatic rings. The normalized spacial score (nSPS) is 23.5. The van der Waals surface area contributed by atoms with Gasteiger partial charge in [0.1, 0.15) is 6.33 Å². The molecule has 7 rings (SSSR count). The zero-order valence-electron chi connectivity index (χ0n) is 22.6. The Bertz CT molecular complexity index is 1710. The van der Waals surface area contributed by atoms with E-state index in [1.54, 1.807) is 29.1 Å². The molecule has 0 radical (unpaired) electrons. The summed E-state index contributed by atoms with van der Waals surface area (Å²) in [6.07, 6.45) is 1.10. The Hall–Kier alpha value is -3.77. The minimum Gasteiger partial charge on any atom is -0.388 e. The summed E-state index contributed by atoms with van der Waals surface area (Å²) in [5.41, 5.74) is 0.00623.